The highest BCUT2D eigenvalue weighted by Gasteiger charge is 2.42. The quantitative estimate of drug-likeness (QED) is 0.811. The molecule has 0 spiro atoms. The van der Waals surface area contributed by atoms with E-state index in [1.807, 2.05) is 7.05 Å². The number of carbonyl (C=O) groups is 2. The van der Waals surface area contributed by atoms with Crippen LogP contribution in [-0.4, -0.2) is 58.5 Å². The van der Waals surface area contributed by atoms with Crippen LogP contribution in [0, 0.1) is 0 Å². The number of likely N-dealkylation sites (N-methyl/N-ethyl adjacent to an activating group) is 1. The van der Waals surface area contributed by atoms with Crippen molar-refractivity contribution in [2.24, 2.45) is 0 Å². The lowest BCUT2D eigenvalue weighted by Gasteiger charge is -2.33. The van der Waals surface area contributed by atoms with Gasteiger partial charge in [0.2, 0.25) is 5.91 Å². The van der Waals surface area contributed by atoms with E-state index < -0.39 is 5.97 Å². The average molecular weight is 254 g/mol. The fraction of sp³-hybridized carbons (Fsp3) is 0.846. The highest BCUT2D eigenvalue weighted by molar-refractivity contribution is 5.82. The van der Waals surface area contributed by atoms with Gasteiger partial charge in [0.25, 0.3) is 0 Å². The Balaban J connectivity index is 2.14. The fourth-order valence-electron chi connectivity index (χ4n) is 2.85. The number of amides is 1. The third-order valence-electron chi connectivity index (χ3n) is 4.01. The Morgan fingerprint density at radius 1 is 1.39 bits per heavy atom. The molecule has 1 amide bonds. The molecule has 1 aliphatic heterocycles. The first-order chi connectivity index (χ1) is 8.50. The minimum absolute atomic E-state index is 0.0696. The van der Waals surface area contributed by atoms with Gasteiger partial charge in [-0.3, -0.25) is 14.5 Å². The number of hydrogen-bond acceptors (Lipinski definition) is 3. The van der Waals surface area contributed by atoms with Gasteiger partial charge in [-0.1, -0.05) is 0 Å². The third-order valence-corrected chi connectivity index (χ3v) is 4.01. The normalized spacial score (nSPS) is 30.3. The van der Waals surface area contributed by atoms with Crippen molar-refractivity contribution >= 4 is 11.9 Å². The molecule has 102 valence electrons. The molecule has 0 radical (unpaired) electrons. The zero-order valence-corrected chi connectivity index (χ0v) is 11.1. The maximum absolute atomic E-state index is 12.3. The van der Waals surface area contributed by atoms with Gasteiger partial charge in [-0.15, -0.1) is 0 Å². The van der Waals surface area contributed by atoms with Crippen molar-refractivity contribution in [1.82, 2.24) is 9.80 Å². The van der Waals surface area contributed by atoms with Gasteiger partial charge in [0, 0.05) is 32.1 Å². The average Bonchev–Trinajstić information content (AvgIpc) is 3.13. The summed E-state index contributed by atoms with van der Waals surface area (Å²) in [6, 6.07) is 0.621. The Kier molecular flexibility index (Phi) is 3.90. The molecule has 0 aromatic heterocycles. The van der Waals surface area contributed by atoms with E-state index in [0.29, 0.717) is 18.5 Å². The van der Waals surface area contributed by atoms with E-state index in [9.17, 15) is 9.59 Å². The van der Waals surface area contributed by atoms with Crippen molar-refractivity contribution in [3.8, 4) is 0 Å². The molecule has 2 unspecified atom stereocenters. The van der Waals surface area contributed by atoms with Gasteiger partial charge in [-0.05, 0) is 32.6 Å². The first-order valence-electron chi connectivity index (χ1n) is 6.75. The van der Waals surface area contributed by atoms with Crippen molar-refractivity contribution in [2.75, 3.05) is 13.6 Å². The molecule has 5 heteroatoms. The molecule has 0 aromatic rings. The Hall–Kier alpha value is -1.10. The summed E-state index contributed by atoms with van der Waals surface area (Å²) in [6.45, 7) is 2.92. The molecule has 2 atom stereocenters. The molecule has 1 saturated carbocycles. The maximum Gasteiger partial charge on any atom is 0.303 e. The molecular formula is C13H22N2O3. The van der Waals surface area contributed by atoms with E-state index in [-0.39, 0.29) is 18.4 Å². The fourth-order valence-corrected chi connectivity index (χ4v) is 2.85. The van der Waals surface area contributed by atoms with Crippen molar-refractivity contribution in [3.05, 3.63) is 0 Å². The molecule has 1 saturated heterocycles. The molecule has 2 fully saturated rings. The minimum atomic E-state index is -0.821. The molecular weight excluding hydrogens is 232 g/mol. The van der Waals surface area contributed by atoms with Crippen molar-refractivity contribution in [2.45, 2.75) is 57.2 Å². The summed E-state index contributed by atoms with van der Waals surface area (Å²) >= 11 is 0. The number of aliphatic carboxylic acids is 1. The van der Waals surface area contributed by atoms with Crippen LogP contribution in [-0.2, 0) is 9.59 Å². The van der Waals surface area contributed by atoms with Crippen LogP contribution in [0.3, 0.4) is 0 Å². The van der Waals surface area contributed by atoms with Crippen LogP contribution < -0.4 is 0 Å². The molecule has 1 heterocycles. The standard InChI is InChI=1S/C13H22N2O3/c1-9-7-8-14(2)13(18)11(5-6-12(16)17)15(9)10-3-4-10/h9-11H,3-8H2,1-2H3,(H,16,17). The summed E-state index contributed by atoms with van der Waals surface area (Å²) in [5.74, 6) is -0.731. The van der Waals surface area contributed by atoms with Crippen LogP contribution >= 0.6 is 0 Å². The van der Waals surface area contributed by atoms with Gasteiger partial charge in [-0.2, -0.15) is 0 Å². The van der Waals surface area contributed by atoms with Crippen molar-refractivity contribution in [1.29, 1.82) is 0 Å². The molecule has 18 heavy (non-hydrogen) atoms. The Morgan fingerprint density at radius 2 is 2.06 bits per heavy atom. The SMILES string of the molecule is CC1CCN(C)C(=O)C(CCC(=O)O)N1C1CC1. The third kappa shape index (κ3) is 2.83. The van der Waals surface area contributed by atoms with Crippen molar-refractivity contribution in [3.63, 3.8) is 0 Å². The highest BCUT2D eigenvalue weighted by atomic mass is 16.4. The van der Waals surface area contributed by atoms with Crippen LogP contribution in [0.25, 0.3) is 0 Å². The molecule has 1 aliphatic carbocycles. The summed E-state index contributed by atoms with van der Waals surface area (Å²) in [7, 11) is 1.82. The first-order valence-corrected chi connectivity index (χ1v) is 6.75. The number of nitrogens with zero attached hydrogens (tertiary/aromatic N) is 2. The molecule has 2 aliphatic rings. The van der Waals surface area contributed by atoms with E-state index >= 15 is 0 Å². The van der Waals surface area contributed by atoms with E-state index in [2.05, 4.69) is 11.8 Å². The smallest absolute Gasteiger partial charge is 0.303 e. The predicted octanol–water partition coefficient (Wildman–Crippen LogP) is 0.935. The summed E-state index contributed by atoms with van der Waals surface area (Å²) in [6.07, 6.45) is 3.76. The van der Waals surface area contributed by atoms with Gasteiger partial charge in [-0.25, -0.2) is 0 Å². The summed E-state index contributed by atoms with van der Waals surface area (Å²) < 4.78 is 0. The number of rotatable bonds is 4. The van der Waals surface area contributed by atoms with Crippen LogP contribution in [0.1, 0.15) is 39.0 Å². The molecule has 2 rings (SSSR count). The number of carbonyl (C=O) groups excluding carboxylic acids is 1. The van der Waals surface area contributed by atoms with Gasteiger partial charge < -0.3 is 10.0 Å². The maximum atomic E-state index is 12.3. The first kappa shape index (κ1) is 13.3. The number of carboxylic acids is 1. The van der Waals surface area contributed by atoms with Gasteiger partial charge in [0.1, 0.15) is 0 Å². The topological polar surface area (TPSA) is 60.9 Å². The highest BCUT2D eigenvalue weighted by Crippen LogP contribution is 2.34. The molecule has 0 aromatic carbocycles. The summed E-state index contributed by atoms with van der Waals surface area (Å²) in [4.78, 5) is 27.1. The number of carboxylic acid groups (broad SMARTS) is 1. The second-order valence-electron chi connectivity index (χ2n) is 5.52. The Labute approximate surface area is 108 Å². The lowest BCUT2D eigenvalue weighted by Crippen LogP contribution is -2.48. The molecule has 0 bridgehead atoms. The number of hydrogen-bond donors (Lipinski definition) is 1. The zero-order valence-electron chi connectivity index (χ0n) is 11.1. The van der Waals surface area contributed by atoms with Gasteiger partial charge in [0.15, 0.2) is 0 Å². The van der Waals surface area contributed by atoms with Gasteiger partial charge in [0.05, 0.1) is 6.04 Å². The predicted molar refractivity (Wildman–Crippen MR) is 67.2 cm³/mol. The molecule has 1 N–H and O–H groups in total. The zero-order chi connectivity index (χ0) is 13.3. The Morgan fingerprint density at radius 3 is 2.61 bits per heavy atom. The largest absolute Gasteiger partial charge is 0.481 e. The van der Waals surface area contributed by atoms with E-state index in [1.165, 1.54) is 0 Å². The lowest BCUT2D eigenvalue weighted by molar-refractivity contribution is -0.139. The minimum Gasteiger partial charge on any atom is -0.481 e. The van der Waals surface area contributed by atoms with Crippen molar-refractivity contribution < 1.29 is 14.7 Å². The van der Waals surface area contributed by atoms with Crippen LogP contribution in [0.4, 0.5) is 0 Å². The monoisotopic (exact) mass is 254 g/mol. The van der Waals surface area contributed by atoms with Crippen LogP contribution in [0.15, 0.2) is 0 Å². The lowest BCUT2D eigenvalue weighted by atomic mass is 10.1. The second-order valence-corrected chi connectivity index (χ2v) is 5.52. The van der Waals surface area contributed by atoms with E-state index in [4.69, 9.17) is 5.11 Å². The second kappa shape index (κ2) is 5.26. The summed E-state index contributed by atoms with van der Waals surface area (Å²) in [5, 5.41) is 8.83. The summed E-state index contributed by atoms with van der Waals surface area (Å²) in [5.41, 5.74) is 0. The van der Waals surface area contributed by atoms with Crippen LogP contribution in [0.2, 0.25) is 0 Å². The van der Waals surface area contributed by atoms with E-state index in [0.717, 1.165) is 25.8 Å². The molecule has 5 nitrogen and oxygen atoms in total. The van der Waals surface area contributed by atoms with E-state index in [1.54, 1.807) is 4.90 Å². The van der Waals surface area contributed by atoms with Crippen LogP contribution in [0.5, 0.6) is 0 Å². The Bertz CT molecular complexity index is 341. The van der Waals surface area contributed by atoms with Gasteiger partial charge >= 0.3 is 5.97 Å².